The van der Waals surface area contributed by atoms with Gasteiger partial charge in [0.1, 0.15) is 5.82 Å². The van der Waals surface area contributed by atoms with Gasteiger partial charge in [0.25, 0.3) is 0 Å². The number of aromatic nitrogens is 6. The minimum absolute atomic E-state index is 0.636. The van der Waals surface area contributed by atoms with Crippen LogP contribution in [0, 0.1) is 0 Å². The Morgan fingerprint density at radius 1 is 0.500 bits per heavy atom. The summed E-state index contributed by atoms with van der Waals surface area (Å²) in [6, 6.07) is 53.0. The molecular formula is C48H34N6. The lowest BCUT2D eigenvalue weighted by molar-refractivity contribution is 0.968. The highest BCUT2D eigenvalue weighted by Crippen LogP contribution is 2.37. The molecule has 0 unspecified atom stereocenters. The van der Waals surface area contributed by atoms with E-state index in [9.17, 15) is 0 Å². The summed E-state index contributed by atoms with van der Waals surface area (Å²) >= 11 is 0. The normalized spacial score (nSPS) is 12.7. The molecule has 0 radical (unpaired) electrons. The Hall–Kier alpha value is -7.18. The van der Waals surface area contributed by atoms with Crippen LogP contribution in [0.4, 0.5) is 0 Å². The molecule has 0 N–H and O–H groups in total. The molecule has 1 aliphatic rings. The molecular weight excluding hydrogens is 661 g/mol. The van der Waals surface area contributed by atoms with Crippen molar-refractivity contribution in [3.8, 4) is 67.3 Å². The van der Waals surface area contributed by atoms with Gasteiger partial charge < -0.3 is 0 Å². The molecule has 4 aromatic heterocycles. The van der Waals surface area contributed by atoms with Crippen LogP contribution in [0.3, 0.4) is 0 Å². The Bertz CT molecular complexity index is 2870. The van der Waals surface area contributed by atoms with E-state index in [1.165, 1.54) is 5.56 Å². The maximum absolute atomic E-state index is 5.27. The van der Waals surface area contributed by atoms with E-state index < -0.39 is 0 Å². The average Bonchev–Trinajstić information content (AvgIpc) is 3.87. The first-order chi connectivity index (χ1) is 26.7. The second-order valence-electron chi connectivity index (χ2n) is 13.5. The SMILES string of the molecule is C1=CC(n2c(-c3cc(-c4cccc(-c5ccccc5)c4)cc(-c4nc5c(-c6ccccc6)cc(-c6ccccc6)cn5n4)c3)nc3ncccc32)=CCC1. The lowest BCUT2D eigenvalue weighted by atomic mass is 9.96. The predicted molar refractivity (Wildman–Crippen MR) is 219 cm³/mol. The van der Waals surface area contributed by atoms with Crippen molar-refractivity contribution in [2.45, 2.75) is 12.8 Å². The van der Waals surface area contributed by atoms with Gasteiger partial charge in [0.05, 0.1) is 5.52 Å². The van der Waals surface area contributed by atoms with Crippen LogP contribution in [0.15, 0.2) is 182 Å². The number of hydrogen-bond donors (Lipinski definition) is 0. The van der Waals surface area contributed by atoms with Gasteiger partial charge >= 0.3 is 0 Å². The third kappa shape index (κ3) is 5.80. The van der Waals surface area contributed by atoms with E-state index in [-0.39, 0.29) is 0 Å². The van der Waals surface area contributed by atoms with Crippen molar-refractivity contribution in [3.63, 3.8) is 0 Å². The molecule has 0 saturated carbocycles. The smallest absolute Gasteiger partial charge is 0.182 e. The standard InChI is InChI=1S/C48H34N6/c1-5-15-33(16-6-1)36-21-13-22-37(27-36)38-28-39(30-40(29-38)47-51-46-44(25-14-26-49-46)54(47)42-23-11-4-12-24-42)45-50-48-43(35-19-9-3-10-20-35)31-41(32-53(48)52-45)34-17-7-2-8-18-34/h1-3,5-11,13-32H,4,12H2. The summed E-state index contributed by atoms with van der Waals surface area (Å²) in [5.41, 5.74) is 14.2. The molecule has 0 bridgehead atoms. The lowest BCUT2D eigenvalue weighted by Gasteiger charge is -2.15. The van der Waals surface area contributed by atoms with Gasteiger partial charge in [0.15, 0.2) is 17.1 Å². The Morgan fingerprint density at radius 3 is 1.89 bits per heavy atom. The molecule has 9 aromatic rings. The molecule has 5 aromatic carbocycles. The van der Waals surface area contributed by atoms with Crippen LogP contribution in [0.5, 0.6) is 0 Å². The molecule has 1 aliphatic carbocycles. The molecule has 0 saturated heterocycles. The van der Waals surface area contributed by atoms with E-state index in [0.717, 1.165) is 85.6 Å². The Morgan fingerprint density at radius 2 is 1.15 bits per heavy atom. The van der Waals surface area contributed by atoms with Crippen molar-refractivity contribution in [2.24, 2.45) is 0 Å². The number of fused-ring (bicyclic) bond motifs is 2. The van der Waals surface area contributed by atoms with Gasteiger partial charge in [-0.25, -0.2) is 19.5 Å². The monoisotopic (exact) mass is 694 g/mol. The van der Waals surface area contributed by atoms with Crippen molar-refractivity contribution in [3.05, 3.63) is 182 Å². The van der Waals surface area contributed by atoms with E-state index in [1.54, 1.807) is 6.20 Å². The topological polar surface area (TPSA) is 60.9 Å². The fraction of sp³-hybridized carbons (Fsp3) is 0.0417. The summed E-state index contributed by atoms with van der Waals surface area (Å²) in [6.07, 6.45) is 12.6. The van der Waals surface area contributed by atoms with E-state index in [2.05, 4.69) is 167 Å². The van der Waals surface area contributed by atoms with Crippen LogP contribution in [-0.4, -0.2) is 29.1 Å². The summed E-state index contributed by atoms with van der Waals surface area (Å²) in [5, 5.41) is 5.19. The van der Waals surface area contributed by atoms with E-state index >= 15 is 0 Å². The molecule has 6 heteroatoms. The van der Waals surface area contributed by atoms with Crippen molar-refractivity contribution in [1.82, 2.24) is 29.1 Å². The van der Waals surface area contributed by atoms with Crippen LogP contribution < -0.4 is 0 Å². The van der Waals surface area contributed by atoms with Crippen LogP contribution in [-0.2, 0) is 0 Å². The van der Waals surface area contributed by atoms with Gasteiger partial charge in [-0.3, -0.25) is 4.57 Å². The molecule has 256 valence electrons. The summed E-state index contributed by atoms with van der Waals surface area (Å²) < 4.78 is 4.16. The van der Waals surface area contributed by atoms with Crippen molar-refractivity contribution >= 4 is 22.5 Å². The fourth-order valence-corrected chi connectivity index (χ4v) is 7.42. The quantitative estimate of drug-likeness (QED) is 0.167. The van der Waals surface area contributed by atoms with Crippen molar-refractivity contribution in [1.29, 1.82) is 0 Å². The number of benzene rings is 5. The van der Waals surface area contributed by atoms with Crippen LogP contribution >= 0.6 is 0 Å². The highest BCUT2D eigenvalue weighted by Gasteiger charge is 2.20. The highest BCUT2D eigenvalue weighted by molar-refractivity contribution is 5.88. The molecule has 4 heterocycles. The van der Waals surface area contributed by atoms with Gasteiger partial charge in [-0.1, -0.05) is 121 Å². The maximum atomic E-state index is 5.27. The first-order valence-corrected chi connectivity index (χ1v) is 18.3. The Labute approximate surface area is 313 Å². The van der Waals surface area contributed by atoms with Gasteiger partial charge in [0, 0.05) is 40.3 Å². The molecule has 0 atom stereocenters. The molecule has 0 amide bonds. The van der Waals surface area contributed by atoms with Crippen LogP contribution in [0.2, 0.25) is 0 Å². The van der Waals surface area contributed by atoms with Crippen LogP contribution in [0.1, 0.15) is 12.8 Å². The number of allylic oxidation sites excluding steroid dienone is 4. The third-order valence-electron chi connectivity index (χ3n) is 10.0. The molecule has 10 rings (SSSR count). The largest absolute Gasteiger partial charge is 0.291 e. The van der Waals surface area contributed by atoms with E-state index in [4.69, 9.17) is 15.1 Å². The molecule has 6 nitrogen and oxygen atoms in total. The summed E-state index contributed by atoms with van der Waals surface area (Å²) in [6.45, 7) is 0. The first kappa shape index (κ1) is 31.5. The zero-order chi connectivity index (χ0) is 35.8. The fourth-order valence-electron chi connectivity index (χ4n) is 7.42. The average molecular weight is 695 g/mol. The first-order valence-electron chi connectivity index (χ1n) is 18.3. The number of rotatable bonds is 7. The molecule has 0 aliphatic heterocycles. The minimum atomic E-state index is 0.636. The zero-order valence-electron chi connectivity index (χ0n) is 29.4. The van der Waals surface area contributed by atoms with Gasteiger partial charge in [0.2, 0.25) is 0 Å². The third-order valence-corrected chi connectivity index (χ3v) is 10.0. The van der Waals surface area contributed by atoms with Crippen LogP contribution in [0.25, 0.3) is 89.8 Å². The molecule has 0 fully saturated rings. The van der Waals surface area contributed by atoms with Gasteiger partial charge in [-0.05, 0) is 94.8 Å². The second kappa shape index (κ2) is 13.4. The molecule has 54 heavy (non-hydrogen) atoms. The summed E-state index contributed by atoms with van der Waals surface area (Å²) in [7, 11) is 0. The number of hydrogen-bond acceptors (Lipinski definition) is 4. The Kier molecular flexibility index (Phi) is 7.84. The Balaban J connectivity index is 1.21. The van der Waals surface area contributed by atoms with Gasteiger partial charge in [-0.15, -0.1) is 5.10 Å². The maximum Gasteiger partial charge on any atom is 0.182 e. The van der Waals surface area contributed by atoms with E-state index in [1.807, 2.05) is 22.7 Å². The number of nitrogens with zero attached hydrogens (tertiary/aromatic N) is 6. The second-order valence-corrected chi connectivity index (χ2v) is 13.5. The van der Waals surface area contributed by atoms with Crippen molar-refractivity contribution < 1.29 is 0 Å². The molecule has 0 spiro atoms. The number of pyridine rings is 2. The predicted octanol–water partition coefficient (Wildman–Crippen LogP) is 11.7. The number of imidazole rings is 1. The van der Waals surface area contributed by atoms with E-state index in [0.29, 0.717) is 11.5 Å². The zero-order valence-corrected chi connectivity index (χ0v) is 29.4. The lowest BCUT2D eigenvalue weighted by Crippen LogP contribution is -2.01. The summed E-state index contributed by atoms with van der Waals surface area (Å²) in [4.78, 5) is 15.1. The summed E-state index contributed by atoms with van der Waals surface area (Å²) in [5.74, 6) is 1.46. The minimum Gasteiger partial charge on any atom is -0.291 e. The van der Waals surface area contributed by atoms with Gasteiger partial charge in [-0.2, -0.15) is 0 Å². The van der Waals surface area contributed by atoms with Crippen molar-refractivity contribution in [2.75, 3.05) is 0 Å². The highest BCUT2D eigenvalue weighted by atomic mass is 15.3.